The number of nitrogens with one attached hydrogen (secondary N) is 1. The topological polar surface area (TPSA) is 35.5 Å². The lowest BCUT2D eigenvalue weighted by Crippen LogP contribution is -2.46. The molecule has 0 saturated carbocycles. The van der Waals surface area contributed by atoms with Gasteiger partial charge in [0.15, 0.2) is 0 Å². The molecule has 2 N–H and O–H groups in total. The SMILES string of the molecule is CCNC(C)(CO)CCCN(C)c1cccc(F)c1. The van der Waals surface area contributed by atoms with Crippen molar-refractivity contribution in [1.82, 2.24) is 5.32 Å². The molecular weight excluding hydrogens is 243 g/mol. The molecule has 1 aromatic carbocycles. The van der Waals surface area contributed by atoms with E-state index in [1.54, 1.807) is 6.07 Å². The number of aliphatic hydroxyl groups excluding tert-OH is 1. The summed E-state index contributed by atoms with van der Waals surface area (Å²) in [7, 11) is 1.96. The highest BCUT2D eigenvalue weighted by Gasteiger charge is 2.21. The molecular formula is C15H25FN2O. The van der Waals surface area contributed by atoms with Crippen LogP contribution in [0.3, 0.4) is 0 Å². The first kappa shape index (κ1) is 15.9. The Hall–Kier alpha value is -1.13. The van der Waals surface area contributed by atoms with Crippen LogP contribution in [0.2, 0.25) is 0 Å². The van der Waals surface area contributed by atoms with Gasteiger partial charge in [0.2, 0.25) is 0 Å². The number of benzene rings is 1. The Balaban J connectivity index is 2.44. The molecule has 1 unspecified atom stereocenters. The molecule has 108 valence electrons. The number of nitrogens with zero attached hydrogens (tertiary/aromatic N) is 1. The van der Waals surface area contributed by atoms with Crippen molar-refractivity contribution in [3.63, 3.8) is 0 Å². The van der Waals surface area contributed by atoms with Crippen molar-refractivity contribution >= 4 is 5.69 Å². The first-order valence-corrected chi connectivity index (χ1v) is 6.83. The molecule has 1 aromatic rings. The zero-order valence-electron chi connectivity index (χ0n) is 12.1. The third kappa shape index (κ3) is 5.17. The van der Waals surface area contributed by atoms with E-state index < -0.39 is 0 Å². The van der Waals surface area contributed by atoms with Crippen LogP contribution in [0.25, 0.3) is 0 Å². The van der Waals surface area contributed by atoms with Gasteiger partial charge in [0.25, 0.3) is 0 Å². The first-order chi connectivity index (χ1) is 9.00. The smallest absolute Gasteiger partial charge is 0.125 e. The van der Waals surface area contributed by atoms with Crippen molar-refractivity contribution in [3.8, 4) is 0 Å². The maximum absolute atomic E-state index is 13.1. The van der Waals surface area contributed by atoms with Gasteiger partial charge in [0.05, 0.1) is 6.61 Å². The van der Waals surface area contributed by atoms with Crippen LogP contribution in [-0.4, -0.2) is 37.4 Å². The van der Waals surface area contributed by atoms with E-state index in [-0.39, 0.29) is 18.0 Å². The molecule has 0 aliphatic carbocycles. The molecule has 4 heteroatoms. The van der Waals surface area contributed by atoms with Crippen molar-refractivity contribution in [2.75, 3.05) is 31.6 Å². The fraction of sp³-hybridized carbons (Fsp3) is 0.600. The van der Waals surface area contributed by atoms with Crippen LogP contribution < -0.4 is 10.2 Å². The van der Waals surface area contributed by atoms with E-state index in [9.17, 15) is 9.50 Å². The second-order valence-corrected chi connectivity index (χ2v) is 5.25. The molecule has 1 atom stereocenters. The zero-order valence-corrected chi connectivity index (χ0v) is 12.1. The van der Waals surface area contributed by atoms with Gasteiger partial charge < -0.3 is 15.3 Å². The number of aliphatic hydroxyl groups is 1. The lowest BCUT2D eigenvalue weighted by atomic mass is 9.96. The van der Waals surface area contributed by atoms with Crippen LogP contribution in [0.5, 0.6) is 0 Å². The largest absolute Gasteiger partial charge is 0.394 e. The van der Waals surface area contributed by atoms with E-state index in [4.69, 9.17) is 0 Å². The Morgan fingerprint density at radius 3 is 2.74 bits per heavy atom. The summed E-state index contributed by atoms with van der Waals surface area (Å²) < 4.78 is 13.1. The Bertz CT molecular complexity index is 386. The van der Waals surface area contributed by atoms with Gasteiger partial charge in [0.1, 0.15) is 5.82 Å². The highest BCUT2D eigenvalue weighted by molar-refractivity contribution is 5.45. The van der Waals surface area contributed by atoms with Crippen molar-refractivity contribution in [2.45, 2.75) is 32.2 Å². The molecule has 0 aliphatic heterocycles. The summed E-state index contributed by atoms with van der Waals surface area (Å²) in [6, 6.07) is 6.61. The maximum Gasteiger partial charge on any atom is 0.125 e. The summed E-state index contributed by atoms with van der Waals surface area (Å²) in [6.45, 7) is 5.87. The molecule has 0 radical (unpaired) electrons. The molecule has 1 rings (SSSR count). The van der Waals surface area contributed by atoms with Gasteiger partial charge in [-0.1, -0.05) is 13.0 Å². The van der Waals surface area contributed by atoms with Gasteiger partial charge in [-0.3, -0.25) is 0 Å². The summed E-state index contributed by atoms with van der Waals surface area (Å²) in [5.41, 5.74) is 0.659. The summed E-state index contributed by atoms with van der Waals surface area (Å²) >= 11 is 0. The standard InChI is InChI=1S/C15H25FN2O/c1-4-17-15(2,12-19)9-6-10-18(3)14-8-5-7-13(16)11-14/h5,7-8,11,17,19H,4,6,9-10,12H2,1-3H3. The molecule has 19 heavy (non-hydrogen) atoms. The van der Waals surface area contributed by atoms with Crippen molar-refractivity contribution in [3.05, 3.63) is 30.1 Å². The quantitative estimate of drug-likeness (QED) is 0.760. The monoisotopic (exact) mass is 268 g/mol. The van der Waals surface area contributed by atoms with Crippen LogP contribution in [0, 0.1) is 5.82 Å². The van der Waals surface area contributed by atoms with E-state index in [0.717, 1.165) is 31.6 Å². The minimum absolute atomic E-state index is 0.129. The van der Waals surface area contributed by atoms with Gasteiger partial charge >= 0.3 is 0 Å². The van der Waals surface area contributed by atoms with Crippen LogP contribution in [0.1, 0.15) is 26.7 Å². The highest BCUT2D eigenvalue weighted by Crippen LogP contribution is 2.16. The Kier molecular flexibility index (Phi) is 6.25. The maximum atomic E-state index is 13.1. The lowest BCUT2D eigenvalue weighted by molar-refractivity contribution is 0.166. The number of hydrogen-bond donors (Lipinski definition) is 2. The normalized spacial score (nSPS) is 14.2. The predicted octanol–water partition coefficient (Wildman–Crippen LogP) is 2.40. The third-order valence-electron chi connectivity index (χ3n) is 3.42. The minimum atomic E-state index is -0.225. The average Bonchev–Trinajstić information content (AvgIpc) is 2.39. The van der Waals surface area contributed by atoms with Crippen molar-refractivity contribution in [1.29, 1.82) is 0 Å². The van der Waals surface area contributed by atoms with Gasteiger partial charge in [-0.15, -0.1) is 0 Å². The molecule has 0 amide bonds. The average molecular weight is 268 g/mol. The number of rotatable bonds is 8. The lowest BCUT2D eigenvalue weighted by Gasteiger charge is -2.29. The van der Waals surface area contributed by atoms with E-state index in [1.165, 1.54) is 12.1 Å². The molecule has 0 spiro atoms. The van der Waals surface area contributed by atoms with Gasteiger partial charge in [-0.25, -0.2) is 4.39 Å². The highest BCUT2D eigenvalue weighted by atomic mass is 19.1. The number of halogens is 1. The Labute approximate surface area is 115 Å². The van der Waals surface area contributed by atoms with Crippen LogP contribution >= 0.6 is 0 Å². The van der Waals surface area contributed by atoms with Gasteiger partial charge in [-0.2, -0.15) is 0 Å². The molecule has 0 aliphatic rings. The molecule has 0 aromatic heterocycles. The summed E-state index contributed by atoms with van der Waals surface area (Å²) in [5.74, 6) is -0.211. The number of anilines is 1. The molecule has 0 saturated heterocycles. The molecule has 0 fully saturated rings. The third-order valence-corrected chi connectivity index (χ3v) is 3.42. The van der Waals surface area contributed by atoms with Crippen LogP contribution in [0.4, 0.5) is 10.1 Å². The fourth-order valence-electron chi connectivity index (χ4n) is 2.20. The molecule has 3 nitrogen and oxygen atoms in total. The predicted molar refractivity (Wildman–Crippen MR) is 78.1 cm³/mol. The van der Waals surface area contributed by atoms with Crippen molar-refractivity contribution < 1.29 is 9.50 Å². The number of likely N-dealkylation sites (N-methyl/N-ethyl adjacent to an activating group) is 1. The van der Waals surface area contributed by atoms with Crippen LogP contribution in [0.15, 0.2) is 24.3 Å². The second kappa shape index (κ2) is 7.46. The van der Waals surface area contributed by atoms with E-state index in [0.29, 0.717) is 0 Å². The van der Waals surface area contributed by atoms with E-state index in [2.05, 4.69) is 5.32 Å². The van der Waals surface area contributed by atoms with Gasteiger partial charge in [-0.05, 0) is 44.5 Å². The molecule has 0 bridgehead atoms. The number of hydrogen-bond acceptors (Lipinski definition) is 3. The Morgan fingerprint density at radius 1 is 1.42 bits per heavy atom. The summed E-state index contributed by atoms with van der Waals surface area (Å²) in [5, 5.41) is 12.7. The minimum Gasteiger partial charge on any atom is -0.394 e. The first-order valence-electron chi connectivity index (χ1n) is 6.83. The van der Waals surface area contributed by atoms with Crippen LogP contribution in [-0.2, 0) is 0 Å². The van der Waals surface area contributed by atoms with E-state index >= 15 is 0 Å². The summed E-state index contributed by atoms with van der Waals surface area (Å²) in [6.07, 6.45) is 1.83. The fourth-order valence-corrected chi connectivity index (χ4v) is 2.20. The zero-order chi connectivity index (χ0) is 14.3. The molecule has 0 heterocycles. The van der Waals surface area contributed by atoms with E-state index in [1.807, 2.05) is 31.9 Å². The van der Waals surface area contributed by atoms with Gasteiger partial charge in [0, 0.05) is 24.8 Å². The Morgan fingerprint density at radius 2 is 2.16 bits per heavy atom. The summed E-state index contributed by atoms with van der Waals surface area (Å²) in [4.78, 5) is 2.03. The second-order valence-electron chi connectivity index (χ2n) is 5.25. The van der Waals surface area contributed by atoms with Crippen molar-refractivity contribution in [2.24, 2.45) is 0 Å².